The summed E-state index contributed by atoms with van der Waals surface area (Å²) in [7, 11) is -3.72. The molecule has 0 atom stereocenters. The van der Waals surface area contributed by atoms with E-state index in [4.69, 9.17) is 11.6 Å². The Morgan fingerprint density at radius 1 is 1.56 bits per heavy atom. The molecule has 18 heavy (non-hydrogen) atoms. The summed E-state index contributed by atoms with van der Waals surface area (Å²) < 4.78 is 26.2. The molecule has 9 heteroatoms. The first-order valence-electron chi connectivity index (χ1n) is 5.30. The molecule has 0 spiro atoms. The lowest BCUT2D eigenvalue weighted by molar-refractivity contribution is -0.120. The topological polar surface area (TPSA) is 88.2 Å². The smallest absolute Gasteiger partial charge is 0.252 e. The third-order valence-electron chi connectivity index (χ3n) is 2.34. The Labute approximate surface area is 114 Å². The Kier molecular flexibility index (Phi) is 3.90. The van der Waals surface area contributed by atoms with Crippen molar-refractivity contribution in [3.8, 4) is 0 Å². The number of sulfonamides is 1. The van der Waals surface area contributed by atoms with E-state index < -0.39 is 10.0 Å². The second-order valence-corrected chi connectivity index (χ2v) is 7.55. The number of aromatic nitrogens is 1. The zero-order chi connectivity index (χ0) is 13.3. The lowest BCUT2D eigenvalue weighted by Crippen LogP contribution is -2.37. The number of carbonyl (C=O) groups is 1. The van der Waals surface area contributed by atoms with Gasteiger partial charge in [-0.25, -0.2) is 18.1 Å². The zero-order valence-electron chi connectivity index (χ0n) is 9.57. The highest BCUT2D eigenvalue weighted by Crippen LogP contribution is 2.26. The fraction of sp³-hybridized carbons (Fsp3) is 0.556. The third-order valence-corrected chi connectivity index (χ3v) is 5.61. The molecule has 0 aromatic carbocycles. The summed E-state index contributed by atoms with van der Waals surface area (Å²) in [4.78, 5) is 15.2. The largest absolute Gasteiger partial charge is 0.352 e. The second kappa shape index (κ2) is 5.12. The van der Waals surface area contributed by atoms with Crippen LogP contribution >= 0.6 is 22.9 Å². The number of hydrogen-bond acceptors (Lipinski definition) is 5. The van der Waals surface area contributed by atoms with E-state index in [1.807, 2.05) is 0 Å². The Morgan fingerprint density at radius 2 is 2.22 bits per heavy atom. The molecule has 2 N–H and O–H groups in total. The molecule has 2 rings (SSSR count). The molecule has 1 heterocycles. The zero-order valence-corrected chi connectivity index (χ0v) is 12.0. The number of nitrogens with zero attached hydrogens (tertiary/aromatic N) is 1. The fourth-order valence-electron chi connectivity index (χ4n) is 1.33. The first-order chi connectivity index (χ1) is 8.38. The van der Waals surface area contributed by atoms with E-state index in [-0.39, 0.29) is 27.2 Å². The SMILES string of the molecule is Cc1nc(Cl)sc1S(=O)(=O)NCC(=O)NC1CC1. The van der Waals surface area contributed by atoms with Gasteiger partial charge in [-0.1, -0.05) is 22.9 Å². The number of amides is 1. The summed E-state index contributed by atoms with van der Waals surface area (Å²) >= 11 is 6.52. The molecule has 1 amide bonds. The first kappa shape index (κ1) is 13.7. The van der Waals surface area contributed by atoms with Crippen LogP contribution in [0.4, 0.5) is 0 Å². The molecule has 1 aromatic heterocycles. The van der Waals surface area contributed by atoms with Crippen molar-refractivity contribution in [2.24, 2.45) is 0 Å². The standard InChI is InChI=1S/C9H12ClN3O3S2/c1-5-8(17-9(10)12-5)18(15,16)11-4-7(14)13-6-2-3-6/h6,11H,2-4H2,1H3,(H,13,14). The molecule has 0 unspecified atom stereocenters. The van der Waals surface area contributed by atoms with Gasteiger partial charge in [0.05, 0.1) is 12.2 Å². The normalized spacial score (nSPS) is 15.7. The lowest BCUT2D eigenvalue weighted by Gasteiger charge is -2.05. The highest BCUT2D eigenvalue weighted by molar-refractivity contribution is 7.91. The van der Waals surface area contributed by atoms with E-state index in [1.54, 1.807) is 6.92 Å². The molecule has 6 nitrogen and oxygen atoms in total. The maximum atomic E-state index is 11.9. The number of thiazole rings is 1. The predicted octanol–water partition coefficient (Wildman–Crippen LogP) is 0.662. The molecular weight excluding hydrogens is 298 g/mol. The van der Waals surface area contributed by atoms with Gasteiger partial charge in [0.2, 0.25) is 5.91 Å². The van der Waals surface area contributed by atoms with E-state index in [0.29, 0.717) is 5.69 Å². The van der Waals surface area contributed by atoms with Gasteiger partial charge in [0.1, 0.15) is 0 Å². The summed E-state index contributed by atoms with van der Waals surface area (Å²) in [5.41, 5.74) is 0.333. The molecule has 0 bridgehead atoms. The van der Waals surface area contributed by atoms with Crippen LogP contribution in [0.5, 0.6) is 0 Å². The number of halogens is 1. The first-order valence-corrected chi connectivity index (χ1v) is 7.98. The minimum Gasteiger partial charge on any atom is -0.352 e. The van der Waals surface area contributed by atoms with E-state index >= 15 is 0 Å². The average Bonchev–Trinajstić information content (AvgIpc) is 3.00. The van der Waals surface area contributed by atoms with Gasteiger partial charge in [-0.3, -0.25) is 4.79 Å². The van der Waals surface area contributed by atoms with Crippen molar-refractivity contribution < 1.29 is 13.2 Å². The Morgan fingerprint density at radius 3 is 2.72 bits per heavy atom. The highest BCUT2D eigenvalue weighted by atomic mass is 35.5. The molecule has 1 aromatic rings. The molecule has 1 aliphatic carbocycles. The van der Waals surface area contributed by atoms with Gasteiger partial charge in [-0.2, -0.15) is 0 Å². The average molecular weight is 310 g/mol. The third kappa shape index (κ3) is 3.41. The van der Waals surface area contributed by atoms with Crippen molar-refractivity contribution in [2.75, 3.05) is 6.54 Å². The quantitative estimate of drug-likeness (QED) is 0.836. The van der Waals surface area contributed by atoms with Crippen molar-refractivity contribution in [1.29, 1.82) is 0 Å². The molecule has 0 saturated heterocycles. The van der Waals surface area contributed by atoms with Crippen LogP contribution in [0.25, 0.3) is 0 Å². The van der Waals surface area contributed by atoms with Gasteiger partial charge < -0.3 is 5.32 Å². The molecule has 1 saturated carbocycles. The van der Waals surface area contributed by atoms with Crippen molar-refractivity contribution in [3.05, 3.63) is 10.2 Å². The van der Waals surface area contributed by atoms with Crippen LogP contribution in [-0.2, 0) is 14.8 Å². The lowest BCUT2D eigenvalue weighted by atomic mass is 10.5. The minimum absolute atomic E-state index is 0.0479. The summed E-state index contributed by atoms with van der Waals surface area (Å²) in [6.07, 6.45) is 1.92. The minimum atomic E-state index is -3.72. The summed E-state index contributed by atoms with van der Waals surface area (Å²) in [5, 5.41) is 2.69. The fourth-order valence-corrected chi connectivity index (χ4v) is 4.10. The van der Waals surface area contributed by atoms with Crippen molar-refractivity contribution in [3.63, 3.8) is 0 Å². The van der Waals surface area contributed by atoms with Crippen molar-refractivity contribution in [1.82, 2.24) is 15.0 Å². The van der Waals surface area contributed by atoms with Gasteiger partial charge in [0.25, 0.3) is 10.0 Å². The number of carbonyl (C=O) groups excluding carboxylic acids is 1. The monoisotopic (exact) mass is 309 g/mol. The highest BCUT2D eigenvalue weighted by Gasteiger charge is 2.25. The van der Waals surface area contributed by atoms with Crippen LogP contribution in [0, 0.1) is 6.92 Å². The van der Waals surface area contributed by atoms with Crippen LogP contribution < -0.4 is 10.0 Å². The summed E-state index contributed by atoms with van der Waals surface area (Å²) in [5.74, 6) is -0.325. The summed E-state index contributed by atoms with van der Waals surface area (Å²) in [6, 6.07) is 0.210. The van der Waals surface area contributed by atoms with Gasteiger partial charge in [-0.15, -0.1) is 0 Å². The second-order valence-electron chi connectivity index (χ2n) is 4.01. The number of nitrogens with one attached hydrogen (secondary N) is 2. The molecule has 100 valence electrons. The van der Waals surface area contributed by atoms with E-state index in [0.717, 1.165) is 24.2 Å². The summed E-state index contributed by atoms with van der Waals surface area (Å²) in [6.45, 7) is 1.29. The number of aryl methyl sites for hydroxylation is 1. The van der Waals surface area contributed by atoms with Gasteiger partial charge in [-0.05, 0) is 19.8 Å². The molecule has 0 aliphatic heterocycles. The van der Waals surface area contributed by atoms with Gasteiger partial charge in [0, 0.05) is 6.04 Å². The maximum Gasteiger partial charge on any atom is 0.252 e. The van der Waals surface area contributed by atoms with Gasteiger partial charge in [0.15, 0.2) is 8.68 Å². The molecular formula is C9H12ClN3O3S2. The number of rotatable bonds is 5. The Balaban J connectivity index is 1.98. The van der Waals surface area contributed by atoms with Crippen LogP contribution in [0.3, 0.4) is 0 Å². The maximum absolute atomic E-state index is 11.9. The van der Waals surface area contributed by atoms with Crippen molar-refractivity contribution in [2.45, 2.75) is 30.0 Å². The van der Waals surface area contributed by atoms with E-state index in [1.165, 1.54) is 0 Å². The Hall–Kier alpha value is -0.700. The Bertz CT molecular complexity index is 566. The molecule has 0 radical (unpaired) electrons. The van der Waals surface area contributed by atoms with Crippen molar-refractivity contribution >= 4 is 38.9 Å². The predicted molar refractivity (Wildman–Crippen MR) is 68.2 cm³/mol. The van der Waals surface area contributed by atoms with E-state index in [2.05, 4.69) is 15.0 Å². The van der Waals surface area contributed by atoms with Crippen LogP contribution in [-0.4, -0.2) is 31.9 Å². The molecule has 1 fully saturated rings. The van der Waals surface area contributed by atoms with Gasteiger partial charge >= 0.3 is 0 Å². The molecule has 1 aliphatic rings. The van der Waals surface area contributed by atoms with Crippen LogP contribution in [0.2, 0.25) is 4.47 Å². The van der Waals surface area contributed by atoms with Crippen LogP contribution in [0.15, 0.2) is 4.21 Å². The van der Waals surface area contributed by atoms with Crippen LogP contribution in [0.1, 0.15) is 18.5 Å². The number of hydrogen-bond donors (Lipinski definition) is 2. The van der Waals surface area contributed by atoms with E-state index in [9.17, 15) is 13.2 Å².